The molecule has 16 nitrogen and oxygen atoms in total. The average molecular weight is 867 g/mol. The van der Waals surface area contributed by atoms with Crippen molar-refractivity contribution in [3.63, 3.8) is 0 Å². The second kappa shape index (κ2) is 15.6. The predicted octanol–water partition coefficient (Wildman–Crippen LogP) is 6.27. The van der Waals surface area contributed by atoms with E-state index in [2.05, 4.69) is 75.4 Å². The summed E-state index contributed by atoms with van der Waals surface area (Å²) in [5.74, 6) is 0.732. The number of aryl methyl sites for hydroxylation is 2. The minimum absolute atomic E-state index is 0.138. The Hall–Kier alpha value is -3.11. The molecule has 2 aliphatic carbocycles. The van der Waals surface area contributed by atoms with Crippen LogP contribution in [-0.2, 0) is 27.8 Å². The van der Waals surface area contributed by atoms with Gasteiger partial charge in [-0.3, -0.25) is 9.13 Å². The van der Waals surface area contributed by atoms with Crippen LogP contribution in [0, 0.1) is 13.8 Å². The molecule has 0 amide bonds. The maximum Gasteiger partial charge on any atom is 0.351 e. The molecule has 0 aromatic carbocycles. The third-order valence-electron chi connectivity index (χ3n) is 15.6. The number of hydrogen-bond acceptors (Lipinski definition) is 13. The third-order valence-corrected chi connectivity index (χ3v) is 24.8. The summed E-state index contributed by atoms with van der Waals surface area (Å²) in [4.78, 5) is 37.9. The van der Waals surface area contributed by atoms with Crippen molar-refractivity contribution in [1.82, 2.24) is 33.9 Å². The van der Waals surface area contributed by atoms with Crippen molar-refractivity contribution < 1.29 is 27.8 Å². The van der Waals surface area contributed by atoms with Crippen LogP contribution in [0.15, 0.2) is 34.6 Å². The second-order valence-electron chi connectivity index (χ2n) is 18.0. The molecule has 9 rings (SSSR count). The molecule has 3 aromatic rings. The van der Waals surface area contributed by atoms with E-state index < -0.39 is 46.0 Å². The normalized spacial score (nSPS) is 31.6. The van der Waals surface area contributed by atoms with Gasteiger partial charge in [-0.25, -0.2) is 19.3 Å². The first-order valence-corrected chi connectivity index (χ1v) is 27.6. The number of nitrogens with zero attached hydrogens (tertiary/aromatic N) is 7. The number of anilines is 1. The van der Waals surface area contributed by atoms with Gasteiger partial charge in [-0.15, -0.1) is 0 Å². The van der Waals surface area contributed by atoms with Gasteiger partial charge in [-0.1, -0.05) is 55.4 Å². The molecule has 3 aromatic heterocycles. The lowest BCUT2D eigenvalue weighted by Crippen LogP contribution is -2.53. The highest BCUT2D eigenvalue weighted by Gasteiger charge is 2.80. The van der Waals surface area contributed by atoms with Crippen LogP contribution < -0.4 is 17.1 Å². The first-order valence-electron chi connectivity index (χ1n) is 22.6. The summed E-state index contributed by atoms with van der Waals surface area (Å²) >= 11 is 0. The van der Waals surface area contributed by atoms with Crippen LogP contribution in [0.2, 0.25) is 36.3 Å². The summed E-state index contributed by atoms with van der Waals surface area (Å²) in [7, 11) is -3.78. The monoisotopic (exact) mass is 866 g/mol. The van der Waals surface area contributed by atoms with Crippen molar-refractivity contribution >= 4 is 22.5 Å². The van der Waals surface area contributed by atoms with Crippen molar-refractivity contribution in [2.24, 2.45) is 0 Å². The molecule has 2 unspecified atom stereocenters. The number of fused-ring (bicyclic) bond motifs is 6. The summed E-state index contributed by atoms with van der Waals surface area (Å²) in [5, 5.41) is 4.11. The molecule has 18 heteroatoms. The van der Waals surface area contributed by atoms with E-state index in [4.69, 9.17) is 33.5 Å². The van der Waals surface area contributed by atoms with Crippen LogP contribution >= 0.6 is 0 Å². The Morgan fingerprint density at radius 3 is 1.50 bits per heavy atom. The molecule has 4 bridgehead atoms. The van der Waals surface area contributed by atoms with Gasteiger partial charge < -0.3 is 33.5 Å². The van der Waals surface area contributed by atoms with Crippen molar-refractivity contribution in [3.8, 4) is 5.82 Å². The fraction of sp³-hybridized carbons (Fsp3) is 0.762. The summed E-state index contributed by atoms with van der Waals surface area (Å²) < 4.78 is 45.4. The van der Waals surface area contributed by atoms with E-state index in [-0.39, 0.29) is 47.1 Å². The van der Waals surface area contributed by atoms with Crippen molar-refractivity contribution in [1.29, 1.82) is 0 Å². The molecule has 4 saturated heterocycles. The molecule has 2 spiro atoms. The molecule has 8 atom stereocenters. The molecule has 6 aliphatic rings. The predicted molar refractivity (Wildman–Crippen MR) is 230 cm³/mol. The van der Waals surface area contributed by atoms with Gasteiger partial charge in [-0.05, 0) is 88.6 Å². The van der Waals surface area contributed by atoms with Gasteiger partial charge in [0, 0.05) is 23.5 Å². The van der Waals surface area contributed by atoms with Crippen LogP contribution in [0.5, 0.6) is 0 Å². The van der Waals surface area contributed by atoms with Gasteiger partial charge in [0.25, 0.3) is 0 Å². The zero-order chi connectivity index (χ0) is 43.0. The van der Waals surface area contributed by atoms with Crippen LogP contribution in [0.1, 0.15) is 117 Å². The van der Waals surface area contributed by atoms with E-state index in [0.29, 0.717) is 5.82 Å². The third kappa shape index (κ3) is 6.40. The Morgan fingerprint density at radius 2 is 1.12 bits per heavy atom. The van der Waals surface area contributed by atoms with Gasteiger partial charge in [0.05, 0.1) is 0 Å². The van der Waals surface area contributed by atoms with Crippen molar-refractivity contribution in [2.45, 2.75) is 203 Å². The summed E-state index contributed by atoms with van der Waals surface area (Å²) in [6, 6.07) is 6.41. The zero-order valence-corrected chi connectivity index (χ0v) is 39.2. The molecule has 4 aliphatic heterocycles. The Bertz CT molecular complexity index is 2150. The van der Waals surface area contributed by atoms with Crippen LogP contribution in [-0.4, -0.2) is 97.3 Å². The lowest BCUT2D eigenvalue weighted by atomic mass is 9.88. The van der Waals surface area contributed by atoms with Crippen LogP contribution in [0.25, 0.3) is 5.82 Å². The maximum atomic E-state index is 13.1. The smallest absolute Gasteiger partial charge is 0.351 e. The highest BCUT2D eigenvalue weighted by atomic mass is 28.4. The van der Waals surface area contributed by atoms with E-state index in [9.17, 15) is 9.59 Å². The topological polar surface area (TPSA) is 182 Å². The van der Waals surface area contributed by atoms with Crippen LogP contribution in [0.4, 0.5) is 5.82 Å². The number of ether oxygens (including phenoxy) is 4. The quantitative estimate of drug-likeness (QED) is 0.169. The average Bonchev–Trinajstić information content (AvgIpc) is 3.99. The zero-order valence-electron chi connectivity index (χ0n) is 37.2. The number of hydrogen-bond donors (Lipinski definition) is 1. The molecule has 60 heavy (non-hydrogen) atoms. The van der Waals surface area contributed by atoms with E-state index in [0.717, 1.165) is 85.9 Å². The molecule has 6 fully saturated rings. The molecule has 2 saturated carbocycles. The van der Waals surface area contributed by atoms with Gasteiger partial charge in [0.2, 0.25) is 0 Å². The van der Waals surface area contributed by atoms with Crippen molar-refractivity contribution in [3.05, 3.63) is 57.1 Å². The molecular weight excluding hydrogens is 801 g/mol. The van der Waals surface area contributed by atoms with Crippen molar-refractivity contribution in [2.75, 3.05) is 5.73 Å². The van der Waals surface area contributed by atoms with E-state index in [1.807, 2.05) is 13.8 Å². The summed E-state index contributed by atoms with van der Waals surface area (Å²) in [6.07, 6.45) is 10.1. The lowest BCUT2D eigenvalue weighted by Gasteiger charge is -2.40. The van der Waals surface area contributed by atoms with Gasteiger partial charge in [-0.2, -0.15) is 15.1 Å². The standard InChI is InChI=1S/C22H33N5O4Si.C20H33N3O4Si/c1-6-22-17(31-32(7-2,8-3)9-4)16(29-21(22)10-11-21)19(30-22)26-12-15(5)18(25-20(26)28)27-14-23-13-24-27;1-6-20-15(27-28(7-2,8-3)9-4)14(25-19(20)10-11-19)17(26-20)23-12-13(5)16(21)22-18(23)24/h12-14,16-17,19H,6-11H2,1-5H3;12,14-15,17H,6-11H2,1-5H3,(H2,21,22,24)/t16?,17-,19-,22-;14?,15-,17-,20-/m11/s1. The minimum atomic E-state index is -1.91. The highest BCUT2D eigenvalue weighted by molar-refractivity contribution is 6.74. The molecule has 2 N–H and O–H groups in total. The summed E-state index contributed by atoms with van der Waals surface area (Å²) in [5.41, 5.74) is 5.08. The molecule has 7 heterocycles. The number of aromatic nitrogens is 7. The van der Waals surface area contributed by atoms with E-state index >= 15 is 0 Å². The molecule has 0 radical (unpaired) electrons. The Kier molecular flexibility index (Phi) is 11.3. The highest BCUT2D eigenvalue weighted by Crippen LogP contribution is 2.68. The second-order valence-corrected chi connectivity index (χ2v) is 27.4. The SMILES string of the molecule is CC[C@]12O[C@@H](n3cc(C)c(-n4cncn4)nc3=O)C(OC13CC3)[C@H]2O[Si](CC)(CC)CC.CC[C@]12O[C@@H](n3cc(C)c(N)nc3=O)C(OC13CC3)[C@H]2O[Si](CC)(CC)CC. The first-order chi connectivity index (χ1) is 28.7. The van der Waals surface area contributed by atoms with Gasteiger partial charge >= 0.3 is 11.4 Å². The minimum Gasteiger partial charge on any atom is -0.408 e. The molecule has 330 valence electrons. The summed E-state index contributed by atoms with van der Waals surface area (Å²) in [6.45, 7) is 21.5. The van der Waals surface area contributed by atoms with E-state index in [1.165, 1.54) is 17.3 Å². The fourth-order valence-corrected chi connectivity index (χ4v) is 16.8. The Labute approximate surface area is 355 Å². The largest absolute Gasteiger partial charge is 0.408 e. The van der Waals surface area contributed by atoms with Crippen LogP contribution in [0.3, 0.4) is 0 Å². The number of nitrogen functional groups attached to an aromatic ring is 1. The fourth-order valence-electron chi connectivity index (χ4n) is 11.1. The van der Waals surface area contributed by atoms with Gasteiger partial charge in [0.15, 0.2) is 34.9 Å². The first kappa shape index (κ1) is 43.5. The molecular formula is C42H66N8O8Si2. The Balaban J connectivity index is 0.000000168. The number of nitrogens with two attached hydrogens (primary N) is 1. The Morgan fingerprint density at radius 1 is 0.683 bits per heavy atom. The lowest BCUT2D eigenvalue weighted by molar-refractivity contribution is -0.225. The van der Waals surface area contributed by atoms with Gasteiger partial charge in [0.1, 0.15) is 65.3 Å². The van der Waals surface area contributed by atoms with E-state index in [1.54, 1.807) is 21.5 Å². The number of rotatable bonds is 15. The maximum absolute atomic E-state index is 13.1.